The summed E-state index contributed by atoms with van der Waals surface area (Å²) in [5, 5.41) is 0.457. The number of hydrogen-bond donors (Lipinski definition) is 2. The molecule has 0 fully saturated rings. The molecule has 3 N–H and O–H groups in total. The van der Waals surface area contributed by atoms with Gasteiger partial charge in [-0.3, -0.25) is 11.3 Å². The highest BCUT2D eigenvalue weighted by molar-refractivity contribution is 6.29. The number of ether oxygens (including phenoxy) is 1. The van der Waals surface area contributed by atoms with Gasteiger partial charge in [0, 0.05) is 6.20 Å². The summed E-state index contributed by atoms with van der Waals surface area (Å²) in [4.78, 5) is 3.98. The first-order valence-corrected chi connectivity index (χ1v) is 6.73. The van der Waals surface area contributed by atoms with E-state index in [2.05, 4.69) is 23.4 Å². The molecule has 0 saturated carbocycles. The molecular weight excluding hydrogens is 274 g/mol. The van der Waals surface area contributed by atoms with E-state index in [1.54, 1.807) is 13.3 Å². The number of nitrogens with one attached hydrogen (secondary N) is 1. The van der Waals surface area contributed by atoms with Crippen molar-refractivity contribution in [1.82, 2.24) is 10.4 Å². The molecule has 0 spiro atoms. The van der Waals surface area contributed by atoms with Crippen LogP contribution in [0.3, 0.4) is 0 Å². The highest BCUT2D eigenvalue weighted by Crippen LogP contribution is 2.26. The molecule has 0 radical (unpaired) electrons. The number of halogens is 1. The highest BCUT2D eigenvalue weighted by atomic mass is 35.5. The maximum atomic E-state index is 5.93. The number of hydrazine groups is 1. The summed E-state index contributed by atoms with van der Waals surface area (Å²) in [6.07, 6.45) is 2.39. The summed E-state index contributed by atoms with van der Waals surface area (Å²) in [7, 11) is 1.67. The van der Waals surface area contributed by atoms with Gasteiger partial charge in [-0.2, -0.15) is 0 Å². The van der Waals surface area contributed by atoms with E-state index >= 15 is 0 Å². The minimum atomic E-state index is -0.0498. The van der Waals surface area contributed by atoms with Crippen molar-refractivity contribution >= 4 is 11.6 Å². The smallest absolute Gasteiger partial charge is 0.129 e. The Balaban J connectivity index is 2.28. The van der Waals surface area contributed by atoms with Crippen LogP contribution in [0.4, 0.5) is 0 Å². The molecule has 106 valence electrons. The number of nitrogens with zero attached hydrogens (tertiary/aromatic N) is 1. The second-order valence-corrected chi connectivity index (χ2v) is 5.04. The van der Waals surface area contributed by atoms with Crippen LogP contribution in [0, 0.1) is 6.92 Å². The maximum Gasteiger partial charge on any atom is 0.129 e. The van der Waals surface area contributed by atoms with Gasteiger partial charge in [-0.15, -0.1) is 0 Å². The lowest BCUT2D eigenvalue weighted by Gasteiger charge is -2.18. The normalized spacial score (nSPS) is 12.2. The average molecular weight is 292 g/mol. The lowest BCUT2D eigenvalue weighted by molar-refractivity contribution is 0.405. The van der Waals surface area contributed by atoms with Crippen LogP contribution in [0.5, 0.6) is 5.75 Å². The fraction of sp³-hybridized carbons (Fsp3) is 0.267. The van der Waals surface area contributed by atoms with Crippen LogP contribution in [0.15, 0.2) is 36.5 Å². The molecule has 0 aliphatic carbocycles. The molecule has 0 aliphatic heterocycles. The summed E-state index contributed by atoms with van der Waals surface area (Å²) < 4.78 is 5.40. The number of nitrogens with two attached hydrogens (primary N) is 1. The molecule has 1 heterocycles. The number of aromatic nitrogens is 1. The zero-order chi connectivity index (χ0) is 14.5. The van der Waals surface area contributed by atoms with Crippen LogP contribution >= 0.6 is 11.6 Å². The molecule has 1 atom stereocenters. The average Bonchev–Trinajstić information content (AvgIpc) is 2.45. The number of pyridine rings is 1. The Hall–Kier alpha value is -1.62. The third-order valence-electron chi connectivity index (χ3n) is 3.21. The molecule has 0 amide bonds. The SMILES string of the molecule is COc1ccc(C)cc1CC(NN)c1ccnc(Cl)c1. The molecular formula is C15H18ClN3O. The summed E-state index contributed by atoms with van der Waals surface area (Å²) >= 11 is 5.93. The quantitative estimate of drug-likeness (QED) is 0.505. The molecule has 5 heteroatoms. The Kier molecular flexibility index (Phi) is 4.95. The third-order valence-corrected chi connectivity index (χ3v) is 3.42. The molecule has 4 nitrogen and oxygen atoms in total. The van der Waals surface area contributed by atoms with Crippen LogP contribution in [0.25, 0.3) is 0 Å². The van der Waals surface area contributed by atoms with Gasteiger partial charge in [-0.1, -0.05) is 29.3 Å². The van der Waals surface area contributed by atoms with Crippen molar-refractivity contribution in [2.75, 3.05) is 7.11 Å². The molecule has 1 aromatic heterocycles. The third kappa shape index (κ3) is 3.48. The van der Waals surface area contributed by atoms with Gasteiger partial charge < -0.3 is 4.74 Å². The van der Waals surface area contributed by atoms with Crippen molar-refractivity contribution in [3.05, 3.63) is 58.4 Å². The van der Waals surface area contributed by atoms with Crippen LogP contribution in [-0.4, -0.2) is 12.1 Å². The van der Waals surface area contributed by atoms with E-state index in [-0.39, 0.29) is 6.04 Å². The molecule has 0 saturated heterocycles. The van der Waals surface area contributed by atoms with Crippen molar-refractivity contribution < 1.29 is 4.74 Å². The van der Waals surface area contributed by atoms with E-state index in [1.807, 2.05) is 24.3 Å². The van der Waals surface area contributed by atoms with Crippen LogP contribution in [0.1, 0.15) is 22.7 Å². The van der Waals surface area contributed by atoms with E-state index in [4.69, 9.17) is 22.2 Å². The van der Waals surface area contributed by atoms with Crippen LogP contribution < -0.4 is 16.0 Å². The van der Waals surface area contributed by atoms with E-state index in [9.17, 15) is 0 Å². The van der Waals surface area contributed by atoms with Gasteiger partial charge >= 0.3 is 0 Å². The first-order chi connectivity index (χ1) is 9.63. The van der Waals surface area contributed by atoms with Crippen molar-refractivity contribution in [2.24, 2.45) is 5.84 Å². The standard InChI is InChI=1S/C15H18ClN3O/c1-10-3-4-14(20-2)12(7-10)8-13(19-17)11-5-6-18-15(16)9-11/h3-7,9,13,19H,8,17H2,1-2H3. The first kappa shape index (κ1) is 14.8. The Morgan fingerprint density at radius 1 is 1.35 bits per heavy atom. The second-order valence-electron chi connectivity index (χ2n) is 4.65. The fourth-order valence-electron chi connectivity index (χ4n) is 2.19. The zero-order valence-corrected chi connectivity index (χ0v) is 12.3. The molecule has 1 aromatic carbocycles. The number of methoxy groups -OCH3 is 1. The largest absolute Gasteiger partial charge is 0.496 e. The molecule has 2 rings (SSSR count). The number of aryl methyl sites for hydroxylation is 1. The van der Waals surface area contributed by atoms with Gasteiger partial charge in [-0.25, -0.2) is 4.98 Å². The van der Waals surface area contributed by atoms with Crippen molar-refractivity contribution in [1.29, 1.82) is 0 Å². The Morgan fingerprint density at radius 2 is 2.15 bits per heavy atom. The highest BCUT2D eigenvalue weighted by Gasteiger charge is 2.14. The van der Waals surface area contributed by atoms with Gasteiger partial charge in [0.1, 0.15) is 10.9 Å². The Bertz CT molecular complexity index is 589. The lowest BCUT2D eigenvalue weighted by atomic mass is 9.98. The van der Waals surface area contributed by atoms with Crippen LogP contribution in [-0.2, 0) is 6.42 Å². The molecule has 0 bridgehead atoms. The van der Waals surface area contributed by atoms with Crippen molar-refractivity contribution in [3.63, 3.8) is 0 Å². The number of benzene rings is 1. The van der Waals surface area contributed by atoms with E-state index in [0.717, 1.165) is 16.9 Å². The van der Waals surface area contributed by atoms with Gasteiger partial charge in [0.2, 0.25) is 0 Å². The van der Waals surface area contributed by atoms with Gasteiger partial charge in [0.15, 0.2) is 0 Å². The maximum absolute atomic E-state index is 5.93. The minimum Gasteiger partial charge on any atom is -0.496 e. The molecule has 0 aliphatic rings. The Labute approximate surface area is 123 Å². The first-order valence-electron chi connectivity index (χ1n) is 6.35. The van der Waals surface area contributed by atoms with E-state index < -0.39 is 0 Å². The summed E-state index contributed by atoms with van der Waals surface area (Å²) in [6.45, 7) is 2.05. The van der Waals surface area contributed by atoms with Crippen molar-refractivity contribution in [2.45, 2.75) is 19.4 Å². The molecule has 1 unspecified atom stereocenters. The summed E-state index contributed by atoms with van der Waals surface area (Å²) in [5.74, 6) is 6.54. The van der Waals surface area contributed by atoms with E-state index in [1.165, 1.54) is 5.56 Å². The van der Waals surface area contributed by atoms with Crippen LogP contribution in [0.2, 0.25) is 5.15 Å². The minimum absolute atomic E-state index is 0.0498. The summed E-state index contributed by atoms with van der Waals surface area (Å²) in [5.41, 5.74) is 6.10. The monoisotopic (exact) mass is 291 g/mol. The molecule has 20 heavy (non-hydrogen) atoms. The van der Waals surface area contributed by atoms with Gasteiger partial charge in [0.25, 0.3) is 0 Å². The van der Waals surface area contributed by atoms with Gasteiger partial charge in [-0.05, 0) is 42.7 Å². The number of rotatable bonds is 5. The lowest BCUT2D eigenvalue weighted by Crippen LogP contribution is -2.29. The van der Waals surface area contributed by atoms with Crippen molar-refractivity contribution in [3.8, 4) is 5.75 Å². The van der Waals surface area contributed by atoms with Gasteiger partial charge in [0.05, 0.1) is 13.2 Å². The van der Waals surface area contributed by atoms with E-state index in [0.29, 0.717) is 11.6 Å². The predicted octanol–water partition coefficient (Wildman–Crippen LogP) is 2.80. The Morgan fingerprint density at radius 3 is 2.80 bits per heavy atom. The molecule has 2 aromatic rings. The predicted molar refractivity (Wildman–Crippen MR) is 80.7 cm³/mol. The topological polar surface area (TPSA) is 60.2 Å². The second kappa shape index (κ2) is 6.70. The summed E-state index contributed by atoms with van der Waals surface area (Å²) in [6, 6.07) is 9.76. The number of hydrogen-bond acceptors (Lipinski definition) is 4. The zero-order valence-electron chi connectivity index (χ0n) is 11.6. The fourth-order valence-corrected chi connectivity index (χ4v) is 2.38.